The van der Waals surface area contributed by atoms with Crippen LogP contribution in [0.5, 0.6) is 0 Å². The molecule has 0 radical (unpaired) electrons. The molecule has 2 aromatic carbocycles. The van der Waals surface area contributed by atoms with Gasteiger partial charge in [-0.25, -0.2) is 0 Å². The molecule has 1 heterocycles. The van der Waals surface area contributed by atoms with E-state index in [4.69, 9.17) is 11.6 Å². The van der Waals surface area contributed by atoms with Gasteiger partial charge in [-0.15, -0.1) is 0 Å². The summed E-state index contributed by atoms with van der Waals surface area (Å²) in [6.45, 7) is 1.69. The van der Waals surface area contributed by atoms with Crippen molar-refractivity contribution in [1.29, 1.82) is 0 Å². The van der Waals surface area contributed by atoms with Crippen LogP contribution in [0, 0.1) is 16.0 Å². The van der Waals surface area contributed by atoms with E-state index in [0.29, 0.717) is 16.6 Å². The van der Waals surface area contributed by atoms with E-state index in [1.807, 2.05) is 6.07 Å². The lowest BCUT2D eigenvalue weighted by molar-refractivity contribution is -0.384. The second kappa shape index (κ2) is 7.01. The fourth-order valence-electron chi connectivity index (χ4n) is 3.24. The van der Waals surface area contributed by atoms with Gasteiger partial charge in [0.2, 0.25) is 0 Å². The number of anilines is 1. The zero-order valence-corrected chi connectivity index (χ0v) is 13.6. The molecule has 1 fully saturated rings. The van der Waals surface area contributed by atoms with Crippen molar-refractivity contribution in [3.05, 3.63) is 69.2 Å². The zero-order chi connectivity index (χ0) is 16.2. The van der Waals surface area contributed by atoms with Gasteiger partial charge in [-0.1, -0.05) is 41.9 Å². The number of piperidine rings is 1. The summed E-state index contributed by atoms with van der Waals surface area (Å²) in [7, 11) is 0. The van der Waals surface area contributed by atoms with Crippen LogP contribution in [-0.2, 0) is 6.42 Å². The molecule has 23 heavy (non-hydrogen) atoms. The van der Waals surface area contributed by atoms with E-state index in [1.54, 1.807) is 12.1 Å². The molecule has 0 aliphatic carbocycles. The second-order valence-corrected chi connectivity index (χ2v) is 6.45. The summed E-state index contributed by atoms with van der Waals surface area (Å²) >= 11 is 5.89. The van der Waals surface area contributed by atoms with E-state index in [0.717, 1.165) is 32.4 Å². The van der Waals surface area contributed by atoms with Gasteiger partial charge in [0.25, 0.3) is 5.69 Å². The first-order valence-electron chi connectivity index (χ1n) is 7.86. The number of hydrogen-bond acceptors (Lipinski definition) is 3. The molecular formula is C18H19ClN2O2. The Kier molecular flexibility index (Phi) is 4.82. The Balaban J connectivity index is 1.66. The largest absolute Gasteiger partial charge is 0.366 e. The van der Waals surface area contributed by atoms with Crippen LogP contribution >= 0.6 is 11.6 Å². The van der Waals surface area contributed by atoms with E-state index in [-0.39, 0.29) is 10.6 Å². The molecule has 120 valence electrons. The minimum Gasteiger partial charge on any atom is -0.366 e. The van der Waals surface area contributed by atoms with Gasteiger partial charge in [-0.3, -0.25) is 10.1 Å². The fourth-order valence-corrected chi connectivity index (χ4v) is 3.40. The second-order valence-electron chi connectivity index (χ2n) is 6.01. The highest BCUT2D eigenvalue weighted by Crippen LogP contribution is 2.34. The highest BCUT2D eigenvalue weighted by Gasteiger charge is 2.25. The molecule has 0 atom stereocenters. The predicted octanol–water partition coefficient (Wildman–Crippen LogP) is 4.71. The van der Waals surface area contributed by atoms with Crippen molar-refractivity contribution in [3.63, 3.8) is 0 Å². The third-order valence-corrected chi connectivity index (χ3v) is 4.69. The van der Waals surface area contributed by atoms with E-state index >= 15 is 0 Å². The third-order valence-electron chi connectivity index (χ3n) is 4.46. The highest BCUT2D eigenvalue weighted by molar-refractivity contribution is 6.30. The maximum Gasteiger partial charge on any atom is 0.294 e. The Morgan fingerprint density at radius 1 is 1.13 bits per heavy atom. The molecule has 3 rings (SSSR count). The smallest absolute Gasteiger partial charge is 0.294 e. The van der Waals surface area contributed by atoms with Crippen LogP contribution in [0.2, 0.25) is 5.02 Å². The van der Waals surface area contributed by atoms with Crippen molar-refractivity contribution in [2.45, 2.75) is 19.3 Å². The monoisotopic (exact) mass is 330 g/mol. The Bertz CT molecular complexity index is 683. The number of halogens is 1. The van der Waals surface area contributed by atoms with E-state index in [2.05, 4.69) is 29.2 Å². The molecule has 4 nitrogen and oxygen atoms in total. The molecule has 0 unspecified atom stereocenters. The van der Waals surface area contributed by atoms with Gasteiger partial charge in [-0.05, 0) is 42.9 Å². The van der Waals surface area contributed by atoms with Crippen molar-refractivity contribution in [3.8, 4) is 0 Å². The Morgan fingerprint density at radius 2 is 1.83 bits per heavy atom. The quantitative estimate of drug-likeness (QED) is 0.602. The first kappa shape index (κ1) is 15.8. The molecule has 0 spiro atoms. The Labute approximate surface area is 140 Å². The molecule has 0 aromatic heterocycles. The predicted molar refractivity (Wildman–Crippen MR) is 93.2 cm³/mol. The van der Waals surface area contributed by atoms with Crippen LogP contribution < -0.4 is 4.90 Å². The summed E-state index contributed by atoms with van der Waals surface area (Å²) in [6, 6.07) is 15.4. The minimum absolute atomic E-state index is 0.0963. The number of rotatable bonds is 4. The Morgan fingerprint density at radius 3 is 2.48 bits per heavy atom. The van der Waals surface area contributed by atoms with Crippen molar-refractivity contribution in [2.75, 3.05) is 18.0 Å². The lowest BCUT2D eigenvalue weighted by atomic mass is 9.90. The molecular weight excluding hydrogens is 312 g/mol. The summed E-state index contributed by atoms with van der Waals surface area (Å²) in [5.74, 6) is 0.639. The van der Waals surface area contributed by atoms with Crippen molar-refractivity contribution < 1.29 is 4.92 Å². The van der Waals surface area contributed by atoms with Gasteiger partial charge in [0.1, 0.15) is 5.69 Å². The number of benzene rings is 2. The molecule has 0 amide bonds. The van der Waals surface area contributed by atoms with E-state index < -0.39 is 0 Å². The molecule has 1 aliphatic heterocycles. The van der Waals surface area contributed by atoms with Crippen LogP contribution in [0.1, 0.15) is 18.4 Å². The van der Waals surface area contributed by atoms with Crippen molar-refractivity contribution >= 4 is 23.0 Å². The fraction of sp³-hybridized carbons (Fsp3) is 0.333. The summed E-state index contributed by atoms with van der Waals surface area (Å²) in [6.07, 6.45) is 3.18. The number of nitro benzene ring substituents is 1. The molecule has 5 heteroatoms. The minimum atomic E-state index is -0.350. The summed E-state index contributed by atoms with van der Waals surface area (Å²) in [4.78, 5) is 13.0. The number of nitro groups is 1. The van der Waals surface area contributed by atoms with E-state index in [1.165, 1.54) is 11.6 Å². The summed E-state index contributed by atoms with van der Waals surface area (Å²) in [5, 5.41) is 11.6. The van der Waals surface area contributed by atoms with Crippen molar-refractivity contribution in [2.24, 2.45) is 5.92 Å². The number of hydrogen-bond donors (Lipinski definition) is 0. The first-order valence-corrected chi connectivity index (χ1v) is 8.24. The molecule has 1 aliphatic rings. The van der Waals surface area contributed by atoms with Gasteiger partial charge < -0.3 is 4.90 Å². The first-order chi connectivity index (χ1) is 11.1. The van der Waals surface area contributed by atoms with Gasteiger partial charge in [0, 0.05) is 24.2 Å². The number of nitrogens with zero attached hydrogens (tertiary/aromatic N) is 2. The maximum absolute atomic E-state index is 11.2. The van der Waals surface area contributed by atoms with Crippen LogP contribution in [0.4, 0.5) is 11.4 Å². The molecule has 0 saturated carbocycles. The molecule has 0 bridgehead atoms. The summed E-state index contributed by atoms with van der Waals surface area (Å²) < 4.78 is 0. The van der Waals surface area contributed by atoms with Crippen LogP contribution in [0.15, 0.2) is 48.5 Å². The normalized spacial score (nSPS) is 15.6. The van der Waals surface area contributed by atoms with Gasteiger partial charge in [-0.2, -0.15) is 0 Å². The highest BCUT2D eigenvalue weighted by atomic mass is 35.5. The van der Waals surface area contributed by atoms with Gasteiger partial charge >= 0.3 is 0 Å². The SMILES string of the molecule is O=[N+]([O-])c1cc(Cl)ccc1N1CCC(Cc2ccccc2)CC1. The van der Waals surface area contributed by atoms with E-state index in [9.17, 15) is 10.1 Å². The molecule has 1 saturated heterocycles. The van der Waals surface area contributed by atoms with Gasteiger partial charge in [0.05, 0.1) is 4.92 Å². The average Bonchev–Trinajstić information content (AvgIpc) is 2.56. The van der Waals surface area contributed by atoms with Crippen LogP contribution in [0.25, 0.3) is 0 Å². The molecule has 2 aromatic rings. The van der Waals surface area contributed by atoms with Crippen molar-refractivity contribution in [1.82, 2.24) is 0 Å². The lowest BCUT2D eigenvalue weighted by Gasteiger charge is -2.33. The Hall–Kier alpha value is -2.07. The summed E-state index contributed by atoms with van der Waals surface area (Å²) in [5.41, 5.74) is 2.14. The van der Waals surface area contributed by atoms with Gasteiger partial charge in [0.15, 0.2) is 0 Å². The van der Waals surface area contributed by atoms with Crippen LogP contribution in [-0.4, -0.2) is 18.0 Å². The average molecular weight is 331 g/mol. The third kappa shape index (κ3) is 3.82. The topological polar surface area (TPSA) is 46.4 Å². The van der Waals surface area contributed by atoms with Crippen LogP contribution in [0.3, 0.4) is 0 Å². The lowest BCUT2D eigenvalue weighted by Crippen LogP contribution is -2.34. The zero-order valence-electron chi connectivity index (χ0n) is 12.8. The maximum atomic E-state index is 11.2. The standard InChI is InChI=1S/C18H19ClN2O2/c19-16-6-7-17(18(13-16)21(22)23)20-10-8-15(9-11-20)12-14-4-2-1-3-5-14/h1-7,13,15H,8-12H2. The molecule has 0 N–H and O–H groups in total.